The Kier molecular flexibility index (Phi) is 9.69. The smallest absolute Gasteiger partial charge is 0.192 e. The van der Waals surface area contributed by atoms with E-state index in [9.17, 15) is 5.11 Å². The molecule has 0 radical (unpaired) electrons. The molecule has 0 saturated heterocycles. The summed E-state index contributed by atoms with van der Waals surface area (Å²) in [6, 6.07) is 0. The molecule has 20 heavy (non-hydrogen) atoms. The van der Waals surface area contributed by atoms with Crippen LogP contribution < -0.4 is 0 Å². The normalized spacial score (nSPS) is 14.9. The maximum atomic E-state index is 9.98. The number of allylic oxidation sites excluding steroid dienone is 2. The Labute approximate surface area is 127 Å². The molecule has 1 N–H and O–H groups in total. The van der Waals surface area contributed by atoms with Crippen LogP contribution in [-0.4, -0.2) is 26.1 Å². The van der Waals surface area contributed by atoms with E-state index in [2.05, 4.69) is 52.9 Å². The van der Waals surface area contributed by atoms with Crippen molar-refractivity contribution in [2.24, 2.45) is 0 Å². The molecule has 0 aromatic rings. The fraction of sp³-hybridized carbons (Fsp3) is 0.882. The highest BCUT2D eigenvalue weighted by Gasteiger charge is 2.37. The van der Waals surface area contributed by atoms with E-state index in [0.29, 0.717) is 6.61 Å². The van der Waals surface area contributed by atoms with Gasteiger partial charge in [0.25, 0.3) is 0 Å². The van der Waals surface area contributed by atoms with Crippen molar-refractivity contribution < 1.29 is 9.53 Å². The molecular formula is C17H36O2Si. The van der Waals surface area contributed by atoms with Gasteiger partial charge in [0.05, 0.1) is 12.7 Å². The van der Waals surface area contributed by atoms with Crippen molar-refractivity contribution in [3.05, 3.63) is 12.2 Å². The van der Waals surface area contributed by atoms with E-state index in [-0.39, 0.29) is 11.1 Å². The summed E-state index contributed by atoms with van der Waals surface area (Å²) >= 11 is 0. The van der Waals surface area contributed by atoms with E-state index in [1.54, 1.807) is 0 Å². The van der Waals surface area contributed by atoms with Crippen molar-refractivity contribution in [1.29, 1.82) is 0 Å². The summed E-state index contributed by atoms with van der Waals surface area (Å²) < 4.78 is 6.03. The summed E-state index contributed by atoms with van der Waals surface area (Å²) in [7, 11) is -1.72. The van der Waals surface area contributed by atoms with Gasteiger partial charge in [-0.15, -0.1) is 0 Å². The van der Waals surface area contributed by atoms with E-state index < -0.39 is 8.32 Å². The van der Waals surface area contributed by atoms with Crippen LogP contribution in [0.5, 0.6) is 0 Å². The van der Waals surface area contributed by atoms with Crippen LogP contribution in [0.3, 0.4) is 0 Å². The van der Waals surface area contributed by atoms with Gasteiger partial charge in [0.15, 0.2) is 8.32 Å². The lowest BCUT2D eigenvalue weighted by atomic mass is 10.1. The Morgan fingerprint density at radius 1 is 1.10 bits per heavy atom. The predicted octanol–water partition coefficient (Wildman–Crippen LogP) is 5.29. The molecule has 0 amide bonds. The minimum Gasteiger partial charge on any atom is -0.414 e. The van der Waals surface area contributed by atoms with Gasteiger partial charge in [-0.2, -0.15) is 0 Å². The third-order valence-corrected chi connectivity index (χ3v) is 8.75. The third-order valence-electron chi connectivity index (χ3n) is 4.25. The van der Waals surface area contributed by atoms with Gasteiger partial charge < -0.3 is 9.53 Å². The van der Waals surface area contributed by atoms with Gasteiger partial charge >= 0.3 is 0 Å². The van der Waals surface area contributed by atoms with Crippen LogP contribution in [0, 0.1) is 0 Å². The van der Waals surface area contributed by atoms with Crippen molar-refractivity contribution in [2.75, 3.05) is 6.61 Å². The number of unbranched alkanes of at least 4 members (excludes halogenated alkanes) is 3. The topological polar surface area (TPSA) is 29.5 Å². The highest BCUT2D eigenvalue weighted by molar-refractivity contribution is 6.74. The number of hydrogen-bond donors (Lipinski definition) is 1. The molecule has 1 unspecified atom stereocenters. The molecule has 0 rings (SSSR count). The molecule has 2 nitrogen and oxygen atoms in total. The first-order chi connectivity index (χ1) is 9.20. The Hall–Kier alpha value is -0.123. The molecule has 0 bridgehead atoms. The van der Waals surface area contributed by atoms with Gasteiger partial charge in [0.1, 0.15) is 0 Å². The lowest BCUT2D eigenvalue weighted by molar-refractivity contribution is 0.0937. The summed E-state index contributed by atoms with van der Waals surface area (Å²) in [5, 5.41) is 10.2. The fourth-order valence-corrected chi connectivity index (χ4v) is 2.68. The fourth-order valence-electron chi connectivity index (χ4n) is 1.64. The highest BCUT2D eigenvalue weighted by atomic mass is 28.4. The monoisotopic (exact) mass is 300 g/mol. The molecule has 0 aliphatic carbocycles. The average molecular weight is 301 g/mol. The van der Waals surface area contributed by atoms with E-state index in [1.807, 2.05) is 0 Å². The zero-order valence-electron chi connectivity index (χ0n) is 14.5. The maximum Gasteiger partial charge on any atom is 0.192 e. The van der Waals surface area contributed by atoms with Crippen LogP contribution in [0.4, 0.5) is 0 Å². The Morgan fingerprint density at radius 3 is 2.25 bits per heavy atom. The number of aliphatic hydroxyl groups is 1. The van der Waals surface area contributed by atoms with Crippen molar-refractivity contribution in [3.8, 4) is 0 Å². The minimum atomic E-state index is -1.72. The molecule has 0 saturated carbocycles. The molecule has 0 aromatic heterocycles. The van der Waals surface area contributed by atoms with E-state index in [1.165, 1.54) is 25.7 Å². The van der Waals surface area contributed by atoms with Crippen molar-refractivity contribution in [3.63, 3.8) is 0 Å². The van der Waals surface area contributed by atoms with Crippen molar-refractivity contribution >= 4 is 8.32 Å². The molecule has 1 atom stereocenters. The van der Waals surface area contributed by atoms with Gasteiger partial charge in [-0.25, -0.2) is 0 Å². The average Bonchev–Trinajstić information content (AvgIpc) is 2.34. The molecule has 0 fully saturated rings. The van der Waals surface area contributed by atoms with Crippen LogP contribution in [0.1, 0.15) is 66.2 Å². The van der Waals surface area contributed by atoms with Crippen molar-refractivity contribution in [1.82, 2.24) is 0 Å². The van der Waals surface area contributed by atoms with Gasteiger partial charge in [0, 0.05) is 0 Å². The summed E-state index contributed by atoms with van der Waals surface area (Å²) in [4.78, 5) is 0. The molecule has 0 heterocycles. The molecule has 0 aliphatic rings. The second-order valence-corrected chi connectivity index (χ2v) is 12.1. The molecule has 0 aliphatic heterocycles. The zero-order chi connectivity index (χ0) is 15.6. The predicted molar refractivity (Wildman–Crippen MR) is 91.7 cm³/mol. The molecule has 3 heteroatoms. The van der Waals surface area contributed by atoms with Crippen molar-refractivity contribution in [2.45, 2.75) is 90.5 Å². The largest absolute Gasteiger partial charge is 0.414 e. The molecule has 0 spiro atoms. The Bertz CT molecular complexity index is 267. The van der Waals surface area contributed by atoms with Gasteiger partial charge in [-0.1, -0.05) is 52.7 Å². The third kappa shape index (κ3) is 8.93. The molecule has 0 aromatic carbocycles. The number of aliphatic hydroxyl groups excluding tert-OH is 1. The van der Waals surface area contributed by atoms with Gasteiger partial charge in [0.2, 0.25) is 0 Å². The standard InChI is InChI=1S/C17H36O2Si/c1-7-8-9-10-11-12-13-14-16(18)15-19-20(5,6)17(2,3)4/h11-12,16,18H,7-10,13-15H2,1-6H3/b12-11+. The first kappa shape index (κ1) is 19.9. The second-order valence-electron chi connectivity index (χ2n) is 7.27. The molecular weight excluding hydrogens is 264 g/mol. The zero-order valence-corrected chi connectivity index (χ0v) is 15.5. The summed E-state index contributed by atoms with van der Waals surface area (Å²) in [6.45, 7) is 13.9. The Balaban J connectivity index is 3.77. The maximum absolute atomic E-state index is 9.98. The van der Waals surface area contributed by atoms with Crippen LogP contribution in [0.25, 0.3) is 0 Å². The summed E-state index contributed by atoms with van der Waals surface area (Å²) in [5.74, 6) is 0. The van der Waals surface area contributed by atoms with Gasteiger partial charge in [-0.3, -0.25) is 0 Å². The van der Waals surface area contributed by atoms with E-state index in [4.69, 9.17) is 4.43 Å². The van der Waals surface area contributed by atoms with Gasteiger partial charge in [-0.05, 0) is 43.8 Å². The number of rotatable bonds is 10. The second kappa shape index (κ2) is 9.75. The number of hydrogen-bond acceptors (Lipinski definition) is 2. The van der Waals surface area contributed by atoms with Crippen LogP contribution in [0.2, 0.25) is 18.1 Å². The lowest BCUT2D eigenvalue weighted by Crippen LogP contribution is -2.42. The van der Waals surface area contributed by atoms with E-state index >= 15 is 0 Å². The summed E-state index contributed by atoms with van der Waals surface area (Å²) in [5.41, 5.74) is 0. The SMILES string of the molecule is CCCCC/C=C/CCC(O)CO[Si](C)(C)C(C)(C)C. The van der Waals surface area contributed by atoms with E-state index in [0.717, 1.165) is 12.8 Å². The first-order valence-corrected chi connectivity index (χ1v) is 11.1. The quantitative estimate of drug-likeness (QED) is 0.337. The minimum absolute atomic E-state index is 0.214. The van der Waals surface area contributed by atoms with Crippen LogP contribution in [0.15, 0.2) is 12.2 Å². The first-order valence-electron chi connectivity index (χ1n) is 8.17. The lowest BCUT2D eigenvalue weighted by Gasteiger charge is -2.36. The van der Waals surface area contributed by atoms with Crippen LogP contribution >= 0.6 is 0 Å². The van der Waals surface area contributed by atoms with Crippen LogP contribution in [-0.2, 0) is 4.43 Å². The summed E-state index contributed by atoms with van der Waals surface area (Å²) in [6.07, 6.45) is 10.9. The Morgan fingerprint density at radius 2 is 1.70 bits per heavy atom. The highest BCUT2D eigenvalue weighted by Crippen LogP contribution is 2.36. The molecule has 120 valence electrons.